The summed E-state index contributed by atoms with van der Waals surface area (Å²) in [7, 11) is 0. The molecule has 2 rings (SSSR count). The van der Waals surface area contributed by atoms with E-state index in [1.165, 1.54) is 0 Å². The molecule has 6 nitrogen and oxygen atoms in total. The van der Waals surface area contributed by atoms with E-state index in [4.69, 9.17) is 4.42 Å². The van der Waals surface area contributed by atoms with Gasteiger partial charge in [-0.25, -0.2) is 4.98 Å². The van der Waals surface area contributed by atoms with E-state index in [2.05, 4.69) is 27.2 Å². The van der Waals surface area contributed by atoms with Gasteiger partial charge in [0.15, 0.2) is 0 Å². The summed E-state index contributed by atoms with van der Waals surface area (Å²) in [6.45, 7) is 4.66. The fraction of sp³-hybridized carbons (Fsp3) is 0.500. The molecule has 0 bridgehead atoms. The Morgan fingerprint density at radius 2 is 2.29 bits per heavy atom. The maximum absolute atomic E-state index is 5.20. The summed E-state index contributed by atoms with van der Waals surface area (Å²) in [5.74, 6) is 1.38. The molecule has 74 valence electrons. The van der Waals surface area contributed by atoms with Crippen LogP contribution in [0.3, 0.4) is 0 Å². The van der Waals surface area contributed by atoms with Gasteiger partial charge in [-0.1, -0.05) is 6.92 Å². The lowest BCUT2D eigenvalue weighted by molar-refractivity contribution is 0.526. The lowest BCUT2D eigenvalue weighted by Gasteiger charge is -1.92. The smallest absolute Gasteiger partial charge is 0.287 e. The molecule has 2 aromatic heterocycles. The normalized spacial score (nSPS) is 10.7. The zero-order valence-electron chi connectivity index (χ0n) is 8.14. The molecular weight excluding hydrogens is 182 g/mol. The van der Waals surface area contributed by atoms with E-state index in [0.29, 0.717) is 17.6 Å². The molecule has 0 fully saturated rings. The monoisotopic (exact) mass is 193 g/mol. The van der Waals surface area contributed by atoms with E-state index >= 15 is 0 Å². The summed E-state index contributed by atoms with van der Waals surface area (Å²) in [5, 5.41) is 11.7. The Kier molecular flexibility index (Phi) is 2.26. The predicted octanol–water partition coefficient (Wildman–Crippen LogP) is 1.05. The van der Waals surface area contributed by atoms with Crippen LogP contribution < -0.4 is 0 Å². The zero-order valence-corrected chi connectivity index (χ0v) is 8.14. The molecule has 0 aliphatic heterocycles. The van der Waals surface area contributed by atoms with Crippen LogP contribution in [0.1, 0.15) is 19.2 Å². The molecule has 0 amide bonds. The number of aromatic nitrogens is 5. The number of aryl methyl sites for hydroxylation is 2. The van der Waals surface area contributed by atoms with E-state index in [1.807, 2.05) is 0 Å². The first-order valence-corrected chi connectivity index (χ1v) is 4.49. The molecule has 6 heteroatoms. The third-order valence-corrected chi connectivity index (χ3v) is 1.71. The quantitative estimate of drug-likeness (QED) is 0.728. The van der Waals surface area contributed by atoms with E-state index < -0.39 is 0 Å². The molecular formula is C8H11N5O. The first-order valence-electron chi connectivity index (χ1n) is 4.49. The minimum Gasteiger partial charge on any atom is -0.418 e. The highest BCUT2D eigenvalue weighted by molar-refractivity contribution is 5.36. The molecule has 0 spiro atoms. The van der Waals surface area contributed by atoms with Gasteiger partial charge in [0.25, 0.3) is 5.89 Å². The average Bonchev–Trinajstić information content (AvgIpc) is 2.74. The van der Waals surface area contributed by atoms with E-state index in [1.54, 1.807) is 17.9 Å². The zero-order chi connectivity index (χ0) is 9.97. The topological polar surface area (TPSA) is 69.6 Å². The highest BCUT2D eigenvalue weighted by Gasteiger charge is 2.10. The Hall–Kier alpha value is -1.72. The van der Waals surface area contributed by atoms with Gasteiger partial charge in [-0.3, -0.25) is 4.68 Å². The van der Waals surface area contributed by atoms with Crippen molar-refractivity contribution in [3.8, 4) is 11.7 Å². The number of rotatable bonds is 3. The van der Waals surface area contributed by atoms with Crippen molar-refractivity contribution in [2.24, 2.45) is 0 Å². The highest BCUT2D eigenvalue weighted by atomic mass is 16.4. The number of hydrogen-bond donors (Lipinski definition) is 0. The van der Waals surface area contributed by atoms with Crippen LogP contribution in [0.4, 0.5) is 0 Å². The second kappa shape index (κ2) is 3.57. The van der Waals surface area contributed by atoms with Gasteiger partial charge >= 0.3 is 0 Å². The molecule has 0 unspecified atom stereocenters. The van der Waals surface area contributed by atoms with Gasteiger partial charge in [0.05, 0.1) is 0 Å². The van der Waals surface area contributed by atoms with Crippen LogP contribution in [-0.4, -0.2) is 25.0 Å². The fourth-order valence-corrected chi connectivity index (χ4v) is 1.12. The summed E-state index contributed by atoms with van der Waals surface area (Å²) in [5.41, 5.74) is 0. The largest absolute Gasteiger partial charge is 0.418 e. The summed E-state index contributed by atoms with van der Waals surface area (Å²) in [6, 6.07) is 0. The maximum Gasteiger partial charge on any atom is 0.287 e. The summed E-state index contributed by atoms with van der Waals surface area (Å²) in [4.78, 5) is 4.07. The third kappa shape index (κ3) is 1.63. The molecule has 0 atom stereocenters. The predicted molar refractivity (Wildman–Crippen MR) is 48.3 cm³/mol. The molecule has 0 radical (unpaired) electrons. The molecule has 14 heavy (non-hydrogen) atoms. The van der Waals surface area contributed by atoms with Crippen molar-refractivity contribution >= 4 is 0 Å². The van der Waals surface area contributed by atoms with E-state index in [9.17, 15) is 0 Å². The van der Waals surface area contributed by atoms with Crippen molar-refractivity contribution in [3.63, 3.8) is 0 Å². The molecule has 0 aliphatic carbocycles. The molecule has 0 aliphatic rings. The summed E-state index contributed by atoms with van der Waals surface area (Å²) >= 11 is 0. The summed E-state index contributed by atoms with van der Waals surface area (Å²) < 4.78 is 6.96. The van der Waals surface area contributed by atoms with Gasteiger partial charge < -0.3 is 4.42 Å². The number of nitrogens with zero attached hydrogens (tertiary/aromatic N) is 5. The molecule has 2 aromatic rings. The third-order valence-electron chi connectivity index (χ3n) is 1.71. The second-order valence-electron chi connectivity index (χ2n) is 2.96. The Labute approximate surface area is 81.0 Å². The molecule has 0 aromatic carbocycles. The van der Waals surface area contributed by atoms with Gasteiger partial charge in [0, 0.05) is 13.5 Å². The van der Waals surface area contributed by atoms with Crippen LogP contribution >= 0.6 is 0 Å². The average molecular weight is 193 g/mol. The number of hydrogen-bond acceptors (Lipinski definition) is 5. The van der Waals surface area contributed by atoms with Crippen LogP contribution in [0.25, 0.3) is 11.7 Å². The van der Waals surface area contributed by atoms with Gasteiger partial charge in [0.1, 0.15) is 6.33 Å². The minimum absolute atomic E-state index is 0.373. The fourth-order valence-electron chi connectivity index (χ4n) is 1.12. The van der Waals surface area contributed by atoms with Gasteiger partial charge in [-0.05, 0) is 6.42 Å². The van der Waals surface area contributed by atoms with Crippen molar-refractivity contribution in [2.75, 3.05) is 0 Å². The van der Waals surface area contributed by atoms with Crippen molar-refractivity contribution in [1.82, 2.24) is 25.0 Å². The lowest BCUT2D eigenvalue weighted by Crippen LogP contribution is -1.96. The van der Waals surface area contributed by atoms with Gasteiger partial charge in [0.2, 0.25) is 11.7 Å². The van der Waals surface area contributed by atoms with Crippen LogP contribution in [0.2, 0.25) is 0 Å². The SMILES string of the molecule is CCCn1cnc(-c2nnc(C)o2)n1. The first-order chi connectivity index (χ1) is 6.79. The highest BCUT2D eigenvalue weighted by Crippen LogP contribution is 2.11. The molecule has 2 heterocycles. The molecule has 0 saturated carbocycles. The van der Waals surface area contributed by atoms with Crippen molar-refractivity contribution in [1.29, 1.82) is 0 Å². The second-order valence-corrected chi connectivity index (χ2v) is 2.96. The Balaban J connectivity index is 2.24. The van der Waals surface area contributed by atoms with E-state index in [-0.39, 0.29) is 0 Å². The first kappa shape index (κ1) is 8.86. The van der Waals surface area contributed by atoms with Crippen LogP contribution in [0.5, 0.6) is 0 Å². The Morgan fingerprint density at radius 1 is 1.43 bits per heavy atom. The van der Waals surface area contributed by atoms with Crippen LogP contribution in [-0.2, 0) is 6.54 Å². The lowest BCUT2D eigenvalue weighted by atomic mass is 10.5. The van der Waals surface area contributed by atoms with Crippen LogP contribution in [0, 0.1) is 6.92 Å². The van der Waals surface area contributed by atoms with Gasteiger partial charge in [-0.2, -0.15) is 0 Å². The Morgan fingerprint density at radius 3 is 2.93 bits per heavy atom. The van der Waals surface area contributed by atoms with Gasteiger partial charge in [-0.15, -0.1) is 15.3 Å². The standard InChI is InChI=1S/C8H11N5O/c1-3-4-13-5-9-7(12-13)8-11-10-6(2)14-8/h5H,3-4H2,1-2H3. The molecule has 0 N–H and O–H groups in total. The minimum atomic E-state index is 0.373. The van der Waals surface area contributed by atoms with Crippen LogP contribution in [0.15, 0.2) is 10.7 Å². The van der Waals surface area contributed by atoms with Crippen molar-refractivity contribution in [3.05, 3.63) is 12.2 Å². The van der Waals surface area contributed by atoms with Crippen molar-refractivity contribution in [2.45, 2.75) is 26.8 Å². The maximum atomic E-state index is 5.20. The van der Waals surface area contributed by atoms with E-state index in [0.717, 1.165) is 13.0 Å². The molecule has 0 saturated heterocycles. The Bertz CT molecular complexity index is 419. The summed E-state index contributed by atoms with van der Waals surface area (Å²) in [6.07, 6.45) is 2.68. The van der Waals surface area contributed by atoms with Crippen molar-refractivity contribution < 1.29 is 4.42 Å².